The molecule has 0 fully saturated rings. The van der Waals surface area contributed by atoms with Gasteiger partial charge < -0.3 is 9.73 Å². The zero-order valence-electron chi connectivity index (χ0n) is 10.3. The van der Waals surface area contributed by atoms with Crippen molar-refractivity contribution >= 4 is 11.6 Å². The number of rotatable bonds is 5. The number of nitro benzene ring substituents is 1. The van der Waals surface area contributed by atoms with Crippen LogP contribution < -0.4 is 5.32 Å². The van der Waals surface area contributed by atoms with Gasteiger partial charge in [-0.25, -0.2) is 4.39 Å². The molecule has 1 aromatic heterocycles. The third-order valence-corrected chi connectivity index (χ3v) is 2.64. The summed E-state index contributed by atoms with van der Waals surface area (Å²) in [6, 6.07) is 6.22. The van der Waals surface area contributed by atoms with Crippen molar-refractivity contribution < 1.29 is 18.5 Å². The number of furan rings is 1. The van der Waals surface area contributed by atoms with E-state index in [1.807, 2.05) is 0 Å². The molecule has 0 atom stereocenters. The molecule has 2 rings (SSSR count). The first-order valence-electron chi connectivity index (χ1n) is 5.82. The Kier molecular flexibility index (Phi) is 4.09. The topological polar surface area (TPSA) is 85.4 Å². The van der Waals surface area contributed by atoms with Crippen LogP contribution in [0.25, 0.3) is 0 Å². The van der Waals surface area contributed by atoms with Crippen molar-refractivity contribution in [1.29, 1.82) is 0 Å². The van der Waals surface area contributed by atoms with E-state index in [0.29, 0.717) is 12.2 Å². The summed E-state index contributed by atoms with van der Waals surface area (Å²) in [6.45, 7) is 0.236. The molecule has 7 heteroatoms. The standard InChI is InChI=1S/C13H11FN2O4/c14-9-3-4-12(16(18)19)11(8-9)13(17)15-6-5-10-2-1-7-20-10/h1-4,7-8H,5-6H2,(H,15,17). The number of benzene rings is 1. The fourth-order valence-corrected chi connectivity index (χ4v) is 1.70. The molecule has 0 aliphatic rings. The molecule has 1 N–H and O–H groups in total. The molecule has 20 heavy (non-hydrogen) atoms. The lowest BCUT2D eigenvalue weighted by Gasteiger charge is -2.05. The monoisotopic (exact) mass is 278 g/mol. The van der Waals surface area contributed by atoms with Crippen molar-refractivity contribution in [3.05, 3.63) is 63.9 Å². The van der Waals surface area contributed by atoms with Crippen molar-refractivity contribution in [3.8, 4) is 0 Å². The van der Waals surface area contributed by atoms with Crippen LogP contribution in [0.15, 0.2) is 41.0 Å². The summed E-state index contributed by atoms with van der Waals surface area (Å²) in [4.78, 5) is 21.9. The Hall–Kier alpha value is -2.70. The van der Waals surface area contributed by atoms with Gasteiger partial charge in [-0.15, -0.1) is 0 Å². The van der Waals surface area contributed by atoms with Crippen molar-refractivity contribution in [1.82, 2.24) is 5.32 Å². The number of nitro groups is 1. The lowest BCUT2D eigenvalue weighted by atomic mass is 10.1. The summed E-state index contributed by atoms with van der Waals surface area (Å²) in [5.41, 5.74) is -0.726. The number of halogens is 1. The first-order chi connectivity index (χ1) is 9.58. The summed E-state index contributed by atoms with van der Waals surface area (Å²) in [6.07, 6.45) is 1.95. The van der Waals surface area contributed by atoms with Gasteiger partial charge in [0, 0.05) is 19.0 Å². The minimum atomic E-state index is -0.721. The molecule has 0 saturated heterocycles. The van der Waals surface area contributed by atoms with E-state index in [1.165, 1.54) is 6.26 Å². The van der Waals surface area contributed by atoms with Crippen LogP contribution in [-0.4, -0.2) is 17.4 Å². The normalized spacial score (nSPS) is 10.2. The van der Waals surface area contributed by atoms with Gasteiger partial charge in [-0.1, -0.05) is 0 Å². The molecule has 1 aromatic carbocycles. The second-order valence-electron chi connectivity index (χ2n) is 4.00. The Labute approximate surface area is 113 Å². The molecule has 0 spiro atoms. The molecule has 1 amide bonds. The van der Waals surface area contributed by atoms with Crippen LogP contribution >= 0.6 is 0 Å². The third-order valence-electron chi connectivity index (χ3n) is 2.64. The summed E-state index contributed by atoms with van der Waals surface area (Å²) < 4.78 is 18.2. The second kappa shape index (κ2) is 5.96. The smallest absolute Gasteiger partial charge is 0.282 e. The zero-order chi connectivity index (χ0) is 14.5. The quantitative estimate of drug-likeness (QED) is 0.671. The molecular formula is C13H11FN2O4. The van der Waals surface area contributed by atoms with E-state index in [-0.39, 0.29) is 12.1 Å². The number of carbonyl (C=O) groups is 1. The van der Waals surface area contributed by atoms with Gasteiger partial charge >= 0.3 is 0 Å². The molecule has 0 saturated carbocycles. The Morgan fingerprint density at radius 1 is 1.40 bits per heavy atom. The summed E-state index contributed by atoms with van der Waals surface area (Å²) in [7, 11) is 0. The van der Waals surface area contributed by atoms with Crippen molar-refractivity contribution in [2.75, 3.05) is 6.54 Å². The highest BCUT2D eigenvalue weighted by atomic mass is 19.1. The summed E-state index contributed by atoms with van der Waals surface area (Å²) >= 11 is 0. The maximum absolute atomic E-state index is 13.1. The molecule has 0 bridgehead atoms. The highest BCUT2D eigenvalue weighted by molar-refractivity contribution is 5.98. The molecule has 6 nitrogen and oxygen atoms in total. The van der Waals surface area contributed by atoms with Gasteiger partial charge in [0.25, 0.3) is 11.6 Å². The van der Waals surface area contributed by atoms with E-state index in [4.69, 9.17) is 4.42 Å². The van der Waals surface area contributed by atoms with E-state index in [0.717, 1.165) is 18.2 Å². The molecular weight excluding hydrogens is 267 g/mol. The van der Waals surface area contributed by atoms with Crippen LogP contribution in [0, 0.1) is 15.9 Å². The number of hydrogen-bond donors (Lipinski definition) is 1. The van der Waals surface area contributed by atoms with E-state index < -0.39 is 22.3 Å². The number of hydrogen-bond acceptors (Lipinski definition) is 4. The first kappa shape index (κ1) is 13.7. The van der Waals surface area contributed by atoms with Crippen LogP contribution in [0.2, 0.25) is 0 Å². The van der Waals surface area contributed by atoms with Crippen LogP contribution in [0.4, 0.5) is 10.1 Å². The molecule has 1 heterocycles. The Morgan fingerprint density at radius 2 is 2.20 bits per heavy atom. The highest BCUT2D eigenvalue weighted by Crippen LogP contribution is 2.19. The summed E-state index contributed by atoms with van der Waals surface area (Å²) in [5.74, 6) is -0.714. The van der Waals surface area contributed by atoms with Gasteiger partial charge in [0.05, 0.1) is 11.2 Å². The van der Waals surface area contributed by atoms with Gasteiger partial charge in [0.15, 0.2) is 0 Å². The van der Waals surface area contributed by atoms with Gasteiger partial charge in [-0.3, -0.25) is 14.9 Å². The first-order valence-corrected chi connectivity index (χ1v) is 5.82. The largest absolute Gasteiger partial charge is 0.469 e. The fourth-order valence-electron chi connectivity index (χ4n) is 1.70. The van der Waals surface area contributed by atoms with E-state index in [2.05, 4.69) is 5.32 Å². The SMILES string of the molecule is O=C(NCCc1ccco1)c1cc(F)ccc1[N+](=O)[O-]. The van der Waals surface area contributed by atoms with Gasteiger partial charge in [-0.05, 0) is 24.3 Å². The van der Waals surface area contributed by atoms with E-state index >= 15 is 0 Å². The Balaban J connectivity index is 2.05. The number of carbonyl (C=O) groups excluding carboxylic acids is 1. The lowest BCUT2D eigenvalue weighted by Crippen LogP contribution is -2.26. The molecule has 2 aromatic rings. The van der Waals surface area contributed by atoms with E-state index in [1.54, 1.807) is 12.1 Å². The Morgan fingerprint density at radius 3 is 2.85 bits per heavy atom. The minimum Gasteiger partial charge on any atom is -0.469 e. The second-order valence-corrected chi connectivity index (χ2v) is 4.00. The predicted octanol–water partition coefficient (Wildman–Crippen LogP) is 2.30. The molecule has 104 valence electrons. The molecule has 0 aliphatic heterocycles. The molecule has 0 unspecified atom stereocenters. The molecule has 0 radical (unpaired) electrons. The van der Waals surface area contributed by atoms with Crippen LogP contribution in [-0.2, 0) is 6.42 Å². The highest BCUT2D eigenvalue weighted by Gasteiger charge is 2.20. The maximum Gasteiger partial charge on any atom is 0.282 e. The van der Waals surface area contributed by atoms with Crippen LogP contribution in [0.1, 0.15) is 16.1 Å². The number of amides is 1. The summed E-state index contributed by atoms with van der Waals surface area (Å²) in [5, 5.41) is 13.3. The minimum absolute atomic E-state index is 0.236. The average Bonchev–Trinajstić information content (AvgIpc) is 2.91. The van der Waals surface area contributed by atoms with Crippen molar-refractivity contribution in [2.45, 2.75) is 6.42 Å². The van der Waals surface area contributed by atoms with Gasteiger partial charge in [0.2, 0.25) is 0 Å². The number of nitrogens with one attached hydrogen (secondary N) is 1. The van der Waals surface area contributed by atoms with E-state index in [9.17, 15) is 19.3 Å². The number of nitrogens with zero attached hydrogens (tertiary/aromatic N) is 1. The lowest BCUT2D eigenvalue weighted by molar-refractivity contribution is -0.385. The third kappa shape index (κ3) is 3.19. The zero-order valence-corrected chi connectivity index (χ0v) is 10.3. The van der Waals surface area contributed by atoms with Crippen LogP contribution in [0.5, 0.6) is 0 Å². The average molecular weight is 278 g/mol. The Bertz CT molecular complexity index is 625. The molecule has 0 aliphatic carbocycles. The van der Waals surface area contributed by atoms with Crippen molar-refractivity contribution in [2.24, 2.45) is 0 Å². The maximum atomic E-state index is 13.1. The fraction of sp³-hybridized carbons (Fsp3) is 0.154. The van der Waals surface area contributed by atoms with Gasteiger partial charge in [0.1, 0.15) is 17.1 Å². The van der Waals surface area contributed by atoms with Gasteiger partial charge in [-0.2, -0.15) is 0 Å². The van der Waals surface area contributed by atoms with Crippen molar-refractivity contribution in [3.63, 3.8) is 0 Å². The predicted molar refractivity (Wildman–Crippen MR) is 67.8 cm³/mol. The van der Waals surface area contributed by atoms with Crippen LogP contribution in [0.3, 0.4) is 0 Å².